The molecule has 3 aromatic rings. The van der Waals surface area contributed by atoms with Gasteiger partial charge in [0.05, 0.1) is 28.0 Å². The molecular weight excluding hydrogens is 542 g/mol. The van der Waals surface area contributed by atoms with E-state index in [2.05, 4.69) is 5.32 Å². The van der Waals surface area contributed by atoms with Gasteiger partial charge in [-0.05, 0) is 56.2 Å². The van der Waals surface area contributed by atoms with Crippen molar-refractivity contribution in [2.45, 2.75) is 19.8 Å². The van der Waals surface area contributed by atoms with E-state index in [1.54, 1.807) is 24.3 Å². The molecule has 1 aliphatic heterocycles. The number of hydrogen-bond acceptors (Lipinski definition) is 8. The van der Waals surface area contributed by atoms with Gasteiger partial charge in [0.25, 0.3) is 11.6 Å². The number of non-ortho nitro benzene ring substituents is 1. The number of Topliss-reactive ketones (excluding diaryl/α,β-unsaturated/α-hetero) is 1. The zero-order valence-corrected chi connectivity index (χ0v) is 22.4. The zero-order chi connectivity index (χ0) is 30.0. The van der Waals surface area contributed by atoms with Crippen LogP contribution in [0.15, 0.2) is 84.4 Å². The second kappa shape index (κ2) is 11.6. The van der Waals surface area contributed by atoms with Crippen LogP contribution in [-0.4, -0.2) is 41.0 Å². The minimum atomic E-state index is -0.830. The van der Waals surface area contributed by atoms with Crippen molar-refractivity contribution >= 4 is 46.5 Å². The van der Waals surface area contributed by atoms with Crippen LogP contribution in [0.2, 0.25) is 0 Å². The number of carbonyl (C=O) groups is 5. The summed E-state index contributed by atoms with van der Waals surface area (Å²) in [6.45, 7) is 1.31. The Morgan fingerprint density at radius 1 is 0.929 bits per heavy atom. The molecule has 2 atom stereocenters. The molecular formula is C31H25N3O8. The molecule has 1 saturated heterocycles. The van der Waals surface area contributed by atoms with Gasteiger partial charge >= 0.3 is 5.97 Å². The highest BCUT2D eigenvalue weighted by molar-refractivity contribution is 6.22. The number of ketones is 1. The lowest BCUT2D eigenvalue weighted by Gasteiger charge is -2.18. The highest BCUT2D eigenvalue weighted by Gasteiger charge is 2.48. The second-order valence-electron chi connectivity index (χ2n) is 10.1. The van der Waals surface area contributed by atoms with Gasteiger partial charge in [-0.3, -0.25) is 34.2 Å². The van der Waals surface area contributed by atoms with Gasteiger partial charge in [-0.25, -0.2) is 4.79 Å². The molecule has 1 fully saturated rings. The molecule has 3 amide bonds. The Balaban J connectivity index is 1.24. The van der Waals surface area contributed by atoms with Crippen LogP contribution < -0.4 is 10.2 Å². The maximum Gasteiger partial charge on any atom is 0.338 e. The number of hydrogen-bond donors (Lipinski definition) is 1. The second-order valence-corrected chi connectivity index (χ2v) is 10.1. The molecule has 0 saturated carbocycles. The van der Waals surface area contributed by atoms with E-state index < -0.39 is 41.0 Å². The molecule has 0 bridgehead atoms. The summed E-state index contributed by atoms with van der Waals surface area (Å²) in [6, 6.07) is 17.2. The van der Waals surface area contributed by atoms with Crippen molar-refractivity contribution < 1.29 is 33.6 Å². The summed E-state index contributed by atoms with van der Waals surface area (Å²) in [5, 5.41) is 13.6. The molecule has 5 rings (SSSR count). The van der Waals surface area contributed by atoms with Crippen molar-refractivity contribution in [1.29, 1.82) is 0 Å². The Hall–Kier alpha value is -5.45. The van der Waals surface area contributed by atoms with E-state index in [1.807, 2.05) is 13.0 Å². The van der Waals surface area contributed by atoms with E-state index in [-0.39, 0.29) is 39.9 Å². The van der Waals surface area contributed by atoms with Crippen LogP contribution >= 0.6 is 0 Å². The Bertz CT molecular complexity index is 1680. The molecule has 0 unspecified atom stereocenters. The average molecular weight is 568 g/mol. The van der Waals surface area contributed by atoms with Crippen LogP contribution in [0.5, 0.6) is 0 Å². The minimum Gasteiger partial charge on any atom is -0.454 e. The number of nitrogens with one attached hydrogen (secondary N) is 1. The molecule has 212 valence electrons. The van der Waals surface area contributed by atoms with Gasteiger partial charge in [-0.2, -0.15) is 0 Å². The smallest absolute Gasteiger partial charge is 0.338 e. The molecule has 42 heavy (non-hydrogen) atoms. The molecule has 2 aliphatic rings. The van der Waals surface area contributed by atoms with Crippen molar-refractivity contribution in [1.82, 2.24) is 0 Å². The Labute approximate surface area is 239 Å². The normalized spacial score (nSPS) is 17.7. The summed E-state index contributed by atoms with van der Waals surface area (Å²) in [6.07, 6.45) is 3.03. The van der Waals surface area contributed by atoms with Crippen LogP contribution in [0.25, 0.3) is 0 Å². The minimum absolute atomic E-state index is 0.0307. The summed E-state index contributed by atoms with van der Waals surface area (Å²) in [5.41, 5.74) is 1.70. The summed E-state index contributed by atoms with van der Waals surface area (Å²) in [7, 11) is 0. The molecule has 0 aromatic heterocycles. The number of fused-ring (bicyclic) bond motifs is 1. The summed E-state index contributed by atoms with van der Waals surface area (Å²) in [5.74, 6) is -3.32. The number of carbonyl (C=O) groups excluding carboxylic acids is 5. The third-order valence-electron chi connectivity index (χ3n) is 7.26. The highest BCUT2D eigenvalue weighted by Crippen LogP contribution is 2.39. The SMILES string of the molecule is CC1=CC[C@@H]2C(=O)N(c3cccc(C(=O)Nc4cccc(C(=O)OCC(=O)c5cccc([N+](=O)[O-])c5)c4)c3)C(=O)[C@H]2C1. The molecule has 11 heteroatoms. The first kappa shape index (κ1) is 28.1. The number of allylic oxidation sites excluding steroid dienone is 2. The number of ether oxygens (including phenoxy) is 1. The van der Waals surface area contributed by atoms with Crippen molar-refractivity contribution in [3.05, 3.63) is 111 Å². The van der Waals surface area contributed by atoms with Crippen LogP contribution in [0.1, 0.15) is 50.8 Å². The first-order valence-corrected chi connectivity index (χ1v) is 13.1. The quantitative estimate of drug-likeness (QED) is 0.102. The fourth-order valence-corrected chi connectivity index (χ4v) is 5.10. The Morgan fingerprint density at radius 2 is 1.62 bits per heavy atom. The van der Waals surface area contributed by atoms with Crippen molar-refractivity contribution in [2.75, 3.05) is 16.8 Å². The predicted octanol–water partition coefficient (Wildman–Crippen LogP) is 4.73. The van der Waals surface area contributed by atoms with E-state index in [9.17, 15) is 34.1 Å². The molecule has 1 N–H and O–H groups in total. The predicted molar refractivity (Wildman–Crippen MR) is 151 cm³/mol. The lowest BCUT2D eigenvalue weighted by molar-refractivity contribution is -0.384. The maximum atomic E-state index is 13.1. The fourth-order valence-electron chi connectivity index (χ4n) is 5.10. The summed E-state index contributed by atoms with van der Waals surface area (Å²) >= 11 is 0. The maximum absolute atomic E-state index is 13.1. The summed E-state index contributed by atoms with van der Waals surface area (Å²) < 4.78 is 5.08. The van der Waals surface area contributed by atoms with Gasteiger partial charge in [0, 0.05) is 28.9 Å². The van der Waals surface area contributed by atoms with Crippen LogP contribution in [0.4, 0.5) is 17.1 Å². The zero-order valence-electron chi connectivity index (χ0n) is 22.4. The van der Waals surface area contributed by atoms with E-state index >= 15 is 0 Å². The number of nitro groups is 1. The molecule has 11 nitrogen and oxygen atoms in total. The van der Waals surface area contributed by atoms with Gasteiger partial charge < -0.3 is 10.1 Å². The Morgan fingerprint density at radius 3 is 2.40 bits per heavy atom. The monoisotopic (exact) mass is 567 g/mol. The molecule has 1 aliphatic carbocycles. The third kappa shape index (κ3) is 5.71. The molecule has 1 heterocycles. The lowest BCUT2D eigenvalue weighted by Crippen LogP contribution is -2.31. The first-order valence-electron chi connectivity index (χ1n) is 13.1. The molecule has 0 radical (unpaired) electrons. The number of anilines is 2. The topological polar surface area (TPSA) is 153 Å². The number of nitro benzene ring substituents is 1. The summed E-state index contributed by atoms with van der Waals surface area (Å²) in [4.78, 5) is 75.6. The third-order valence-corrected chi connectivity index (χ3v) is 7.26. The fraction of sp³-hybridized carbons (Fsp3) is 0.194. The van der Waals surface area contributed by atoms with E-state index in [0.29, 0.717) is 18.5 Å². The Kier molecular flexibility index (Phi) is 7.74. The van der Waals surface area contributed by atoms with Gasteiger partial charge in [-0.15, -0.1) is 0 Å². The van der Waals surface area contributed by atoms with Crippen LogP contribution in [0.3, 0.4) is 0 Å². The number of nitrogens with zero attached hydrogens (tertiary/aromatic N) is 2. The number of esters is 1. The van der Waals surface area contributed by atoms with E-state index in [4.69, 9.17) is 4.74 Å². The van der Waals surface area contributed by atoms with Gasteiger partial charge in [0.1, 0.15) is 0 Å². The molecule has 3 aromatic carbocycles. The largest absolute Gasteiger partial charge is 0.454 e. The number of amides is 3. The van der Waals surface area contributed by atoms with Crippen molar-refractivity contribution in [2.24, 2.45) is 11.8 Å². The number of rotatable bonds is 8. The van der Waals surface area contributed by atoms with Gasteiger partial charge in [-0.1, -0.05) is 35.9 Å². The standard InChI is InChI=1S/C31H25N3O8/c1-18-11-12-25-26(13-18)30(38)33(29(25)37)23-9-4-6-20(16-23)28(36)32-22-8-2-7-21(14-22)31(39)42-17-27(35)19-5-3-10-24(15-19)34(40)41/h2-11,14-16,25-26H,12-13,17H2,1H3,(H,32,36)/t25-,26-/m0/s1. The first-order chi connectivity index (χ1) is 20.1. The van der Waals surface area contributed by atoms with Crippen LogP contribution in [-0.2, 0) is 14.3 Å². The lowest BCUT2D eigenvalue weighted by atomic mass is 9.82. The number of imide groups is 1. The number of benzene rings is 3. The molecule has 0 spiro atoms. The average Bonchev–Trinajstić information content (AvgIpc) is 3.24. The highest BCUT2D eigenvalue weighted by atomic mass is 16.6. The van der Waals surface area contributed by atoms with Crippen molar-refractivity contribution in [3.63, 3.8) is 0 Å². The van der Waals surface area contributed by atoms with Crippen molar-refractivity contribution in [3.8, 4) is 0 Å². The van der Waals surface area contributed by atoms with Gasteiger partial charge in [0.2, 0.25) is 17.6 Å². The van der Waals surface area contributed by atoms with Gasteiger partial charge in [0.15, 0.2) is 6.61 Å². The van der Waals surface area contributed by atoms with E-state index in [1.165, 1.54) is 42.5 Å². The van der Waals surface area contributed by atoms with E-state index in [0.717, 1.165) is 16.5 Å². The van der Waals surface area contributed by atoms with Crippen LogP contribution in [0, 0.1) is 22.0 Å².